The lowest BCUT2D eigenvalue weighted by molar-refractivity contribution is -0.137. The van der Waals surface area contributed by atoms with E-state index in [-0.39, 0.29) is 11.9 Å². The molecule has 1 aromatic carbocycles. The van der Waals surface area contributed by atoms with Gasteiger partial charge in [-0.15, -0.1) is 5.10 Å². The van der Waals surface area contributed by atoms with Crippen LogP contribution < -0.4 is 10.1 Å². The molecule has 2 amide bonds. The number of alkyl halides is 3. The van der Waals surface area contributed by atoms with Crippen LogP contribution in [0.5, 0.6) is 11.6 Å². The molecule has 1 N–H and O–H groups in total. The molecule has 1 aliphatic heterocycles. The number of likely N-dealkylation sites (tertiary alicyclic amines) is 1. The number of pyridine rings is 1. The molecule has 7 nitrogen and oxygen atoms in total. The summed E-state index contributed by atoms with van der Waals surface area (Å²) in [7, 11) is 0. The Balaban J connectivity index is 1.38. The van der Waals surface area contributed by atoms with Crippen LogP contribution in [0.25, 0.3) is 6.08 Å². The standard InChI is InChI=1S/C23H19BrF3N5O2/c24-18-11-16(12-19(13-18)34-21-4-3-17(14-28-21)23(25,26)27)10-15-5-8-32(9-6-15)22(33)30-20-2-1-7-29-31-20/h1-4,7,10-14H,5-6,8-9H2,(H,30,31,33). The van der Waals surface area contributed by atoms with Gasteiger partial charge in [-0.1, -0.05) is 27.6 Å². The molecule has 4 rings (SSSR count). The molecule has 0 atom stereocenters. The SMILES string of the molecule is O=C(Nc1cccnn1)N1CCC(=Cc2cc(Br)cc(Oc3ccc(C(F)(F)F)cn3)c2)CC1. The number of aromatic nitrogens is 3. The van der Waals surface area contributed by atoms with Gasteiger partial charge in [0.15, 0.2) is 5.82 Å². The zero-order valence-electron chi connectivity index (χ0n) is 17.7. The van der Waals surface area contributed by atoms with Crippen LogP contribution in [-0.2, 0) is 6.18 Å². The third-order valence-corrected chi connectivity index (χ3v) is 5.51. The van der Waals surface area contributed by atoms with Gasteiger partial charge < -0.3 is 9.64 Å². The van der Waals surface area contributed by atoms with Crippen molar-refractivity contribution in [3.8, 4) is 11.6 Å². The molecule has 176 valence electrons. The fourth-order valence-electron chi connectivity index (χ4n) is 3.39. The Morgan fingerprint density at radius 1 is 1.15 bits per heavy atom. The summed E-state index contributed by atoms with van der Waals surface area (Å²) < 4.78 is 44.6. The first-order valence-corrected chi connectivity index (χ1v) is 11.1. The van der Waals surface area contributed by atoms with Crippen LogP contribution in [0, 0.1) is 0 Å². The molecule has 0 saturated carbocycles. The number of ether oxygens (including phenoxy) is 1. The van der Waals surface area contributed by atoms with Crippen molar-refractivity contribution in [3.63, 3.8) is 0 Å². The number of hydrogen-bond acceptors (Lipinski definition) is 5. The van der Waals surface area contributed by atoms with Crippen molar-refractivity contribution in [2.45, 2.75) is 19.0 Å². The van der Waals surface area contributed by atoms with Crippen molar-refractivity contribution in [2.24, 2.45) is 0 Å². The Kier molecular flexibility index (Phi) is 7.11. The second kappa shape index (κ2) is 10.2. The summed E-state index contributed by atoms with van der Waals surface area (Å²) in [6, 6.07) is 10.7. The summed E-state index contributed by atoms with van der Waals surface area (Å²) >= 11 is 3.44. The smallest absolute Gasteiger partial charge is 0.417 e. The third kappa shape index (κ3) is 6.31. The van der Waals surface area contributed by atoms with Gasteiger partial charge in [-0.2, -0.15) is 18.3 Å². The van der Waals surface area contributed by atoms with Gasteiger partial charge in [-0.05, 0) is 54.8 Å². The largest absolute Gasteiger partial charge is 0.439 e. The first kappa shape index (κ1) is 23.7. The van der Waals surface area contributed by atoms with E-state index in [1.807, 2.05) is 12.1 Å². The maximum absolute atomic E-state index is 12.7. The molecular formula is C23H19BrF3N5O2. The molecule has 0 spiro atoms. The molecule has 1 aliphatic rings. The van der Waals surface area contributed by atoms with Crippen LogP contribution in [0.1, 0.15) is 24.0 Å². The lowest BCUT2D eigenvalue weighted by Crippen LogP contribution is -2.39. The molecule has 2 aromatic heterocycles. The predicted octanol–water partition coefficient (Wildman–Crippen LogP) is 6.16. The number of nitrogens with one attached hydrogen (secondary N) is 1. The second-order valence-electron chi connectivity index (χ2n) is 7.53. The number of benzene rings is 1. The monoisotopic (exact) mass is 533 g/mol. The number of carbonyl (C=O) groups excluding carboxylic acids is 1. The fourth-order valence-corrected chi connectivity index (χ4v) is 3.88. The minimum absolute atomic E-state index is 0.0622. The molecule has 0 aliphatic carbocycles. The fraction of sp³-hybridized carbons (Fsp3) is 0.217. The molecule has 3 aromatic rings. The Labute approximate surface area is 201 Å². The van der Waals surface area contributed by atoms with E-state index in [1.54, 1.807) is 29.2 Å². The van der Waals surface area contributed by atoms with Gasteiger partial charge >= 0.3 is 12.2 Å². The molecule has 34 heavy (non-hydrogen) atoms. The lowest BCUT2D eigenvalue weighted by Gasteiger charge is -2.28. The van der Waals surface area contributed by atoms with Crippen LogP contribution in [0.15, 0.2) is 64.9 Å². The molecule has 0 unspecified atom stereocenters. The van der Waals surface area contributed by atoms with Gasteiger partial charge in [-0.25, -0.2) is 9.78 Å². The molecule has 3 heterocycles. The number of hydrogen-bond donors (Lipinski definition) is 1. The molecular weight excluding hydrogens is 515 g/mol. The average Bonchev–Trinajstić information content (AvgIpc) is 2.79. The van der Waals surface area contributed by atoms with Crippen LogP contribution in [-0.4, -0.2) is 39.2 Å². The van der Waals surface area contributed by atoms with Crippen LogP contribution in [0.2, 0.25) is 0 Å². The van der Waals surface area contributed by atoms with Crippen LogP contribution in [0.4, 0.5) is 23.8 Å². The molecule has 0 radical (unpaired) electrons. The van der Waals surface area contributed by atoms with Gasteiger partial charge in [0, 0.05) is 36.0 Å². The number of halogens is 4. The lowest BCUT2D eigenvalue weighted by atomic mass is 10.0. The van der Waals surface area contributed by atoms with E-state index in [2.05, 4.69) is 36.4 Å². The summed E-state index contributed by atoms with van der Waals surface area (Å²) in [6.07, 6.45) is 1.26. The van der Waals surface area contributed by atoms with E-state index >= 15 is 0 Å². The quantitative estimate of drug-likeness (QED) is 0.434. The average molecular weight is 534 g/mol. The number of amides is 2. The van der Waals surface area contributed by atoms with Crippen molar-refractivity contribution in [2.75, 3.05) is 18.4 Å². The summed E-state index contributed by atoms with van der Waals surface area (Å²) in [5, 5.41) is 10.3. The highest BCUT2D eigenvalue weighted by Gasteiger charge is 2.30. The Morgan fingerprint density at radius 3 is 2.59 bits per heavy atom. The van der Waals surface area contributed by atoms with Gasteiger partial charge in [0.2, 0.25) is 5.88 Å². The van der Waals surface area contributed by atoms with Crippen molar-refractivity contribution in [1.82, 2.24) is 20.1 Å². The number of piperidine rings is 1. The first-order chi connectivity index (χ1) is 16.3. The number of anilines is 1. The summed E-state index contributed by atoms with van der Waals surface area (Å²) in [5.74, 6) is 0.902. The molecule has 11 heteroatoms. The van der Waals surface area contributed by atoms with E-state index in [0.29, 0.717) is 37.5 Å². The third-order valence-electron chi connectivity index (χ3n) is 5.05. The predicted molar refractivity (Wildman–Crippen MR) is 123 cm³/mol. The van der Waals surface area contributed by atoms with Crippen LogP contribution >= 0.6 is 15.9 Å². The number of carbonyl (C=O) groups is 1. The Hall–Kier alpha value is -3.47. The number of urea groups is 1. The van der Waals surface area contributed by atoms with E-state index < -0.39 is 11.7 Å². The van der Waals surface area contributed by atoms with Crippen molar-refractivity contribution in [1.29, 1.82) is 0 Å². The Bertz CT molecular complexity index is 1180. The van der Waals surface area contributed by atoms with Gasteiger partial charge in [0.05, 0.1) is 5.56 Å². The van der Waals surface area contributed by atoms with Gasteiger partial charge in [-0.3, -0.25) is 5.32 Å². The number of nitrogens with zero attached hydrogens (tertiary/aromatic N) is 4. The van der Waals surface area contributed by atoms with E-state index in [4.69, 9.17) is 4.74 Å². The highest BCUT2D eigenvalue weighted by Crippen LogP contribution is 2.31. The molecule has 1 fully saturated rings. The summed E-state index contributed by atoms with van der Waals surface area (Å²) in [4.78, 5) is 17.9. The highest BCUT2D eigenvalue weighted by atomic mass is 79.9. The minimum Gasteiger partial charge on any atom is -0.439 e. The van der Waals surface area contributed by atoms with Crippen molar-refractivity contribution < 1.29 is 22.7 Å². The second-order valence-corrected chi connectivity index (χ2v) is 8.45. The number of rotatable bonds is 4. The maximum Gasteiger partial charge on any atom is 0.417 e. The summed E-state index contributed by atoms with van der Waals surface area (Å²) in [6.45, 7) is 1.12. The zero-order chi connectivity index (χ0) is 24.1. The van der Waals surface area contributed by atoms with Crippen LogP contribution in [0.3, 0.4) is 0 Å². The first-order valence-electron chi connectivity index (χ1n) is 10.3. The normalized spacial score (nSPS) is 14.0. The highest BCUT2D eigenvalue weighted by molar-refractivity contribution is 9.10. The molecule has 1 saturated heterocycles. The van der Waals surface area contributed by atoms with Crippen molar-refractivity contribution in [3.05, 3.63) is 76.0 Å². The van der Waals surface area contributed by atoms with Gasteiger partial charge in [0.1, 0.15) is 5.75 Å². The maximum atomic E-state index is 12.7. The van der Waals surface area contributed by atoms with Crippen molar-refractivity contribution >= 4 is 33.9 Å². The van der Waals surface area contributed by atoms with E-state index in [0.717, 1.165) is 22.3 Å². The Morgan fingerprint density at radius 2 is 1.94 bits per heavy atom. The summed E-state index contributed by atoms with van der Waals surface area (Å²) in [5.41, 5.74) is 1.19. The minimum atomic E-state index is -4.45. The topological polar surface area (TPSA) is 80.2 Å². The van der Waals surface area contributed by atoms with E-state index in [9.17, 15) is 18.0 Å². The van der Waals surface area contributed by atoms with Gasteiger partial charge in [0.25, 0.3) is 0 Å². The van der Waals surface area contributed by atoms with E-state index in [1.165, 1.54) is 17.8 Å². The zero-order valence-corrected chi connectivity index (χ0v) is 19.3. The molecule has 0 bridgehead atoms.